The van der Waals surface area contributed by atoms with E-state index in [0.29, 0.717) is 12.2 Å². The van der Waals surface area contributed by atoms with Crippen LogP contribution in [-0.4, -0.2) is 43.1 Å². The molecule has 1 unspecified atom stereocenters. The summed E-state index contributed by atoms with van der Waals surface area (Å²) < 4.78 is 43.4. The maximum atomic E-state index is 12.5. The van der Waals surface area contributed by atoms with E-state index in [1.54, 1.807) is 7.11 Å². The van der Waals surface area contributed by atoms with Crippen molar-refractivity contribution in [3.05, 3.63) is 34.7 Å². The predicted molar refractivity (Wildman–Crippen MR) is 74.3 cm³/mol. The Balaban J connectivity index is 2.12. The molecule has 116 valence electrons. The summed E-state index contributed by atoms with van der Waals surface area (Å²) >= 11 is 0. The zero-order chi connectivity index (χ0) is 15.6. The second kappa shape index (κ2) is 5.93. The molecule has 2 rings (SSSR count). The number of halogens is 3. The lowest BCUT2D eigenvalue weighted by Gasteiger charge is -2.20. The Labute approximate surface area is 120 Å². The number of rotatable bonds is 5. The van der Waals surface area contributed by atoms with Gasteiger partial charge in [0.2, 0.25) is 0 Å². The van der Waals surface area contributed by atoms with Gasteiger partial charge in [0, 0.05) is 32.8 Å². The fraction of sp³-hybridized carbons (Fsp3) is 0.500. The molecule has 0 bridgehead atoms. The first kappa shape index (κ1) is 15.6. The zero-order valence-electron chi connectivity index (χ0n) is 11.6. The van der Waals surface area contributed by atoms with Crippen molar-refractivity contribution in [3.63, 3.8) is 0 Å². The highest BCUT2D eigenvalue weighted by Crippen LogP contribution is 2.21. The topological polar surface area (TPSA) is 47.4 Å². The van der Waals surface area contributed by atoms with E-state index < -0.39 is 24.6 Å². The van der Waals surface area contributed by atoms with Crippen molar-refractivity contribution in [2.45, 2.75) is 19.1 Å². The van der Waals surface area contributed by atoms with E-state index in [1.807, 2.05) is 4.90 Å². The average Bonchev–Trinajstić information content (AvgIpc) is 2.88. The molecule has 0 aromatic carbocycles. The summed E-state index contributed by atoms with van der Waals surface area (Å²) in [5.41, 5.74) is -0.925. The van der Waals surface area contributed by atoms with Crippen molar-refractivity contribution in [2.75, 3.05) is 25.1 Å². The van der Waals surface area contributed by atoms with Crippen LogP contribution in [0.2, 0.25) is 0 Å². The van der Waals surface area contributed by atoms with Crippen LogP contribution in [0.3, 0.4) is 0 Å². The van der Waals surface area contributed by atoms with E-state index in [-0.39, 0.29) is 6.10 Å². The Hall–Kier alpha value is -1.77. The standard InChI is InChI=1S/C12H16BF3N3O2/c1-9(13(14,15)16)7-19-12(20)5-10(6-17-19)18-4-3-11(8-18)21-2/h5-6,11H,1,3-4,7-8H2,2H3/q-1. The van der Waals surface area contributed by atoms with Gasteiger partial charge in [-0.1, -0.05) is 0 Å². The number of hydrogen-bond donors (Lipinski definition) is 0. The third-order valence-electron chi connectivity index (χ3n) is 3.51. The first-order chi connectivity index (χ1) is 9.81. The molecule has 2 heterocycles. The molecule has 1 aromatic rings. The number of methoxy groups -OCH3 is 1. The summed E-state index contributed by atoms with van der Waals surface area (Å²) in [6.07, 6.45) is 2.34. The highest BCUT2D eigenvalue weighted by atomic mass is 19.4. The molecule has 21 heavy (non-hydrogen) atoms. The van der Waals surface area contributed by atoms with Gasteiger partial charge in [0.05, 0.1) is 18.0 Å². The number of hydrogen-bond acceptors (Lipinski definition) is 4. The van der Waals surface area contributed by atoms with Crippen LogP contribution in [0.25, 0.3) is 0 Å². The van der Waals surface area contributed by atoms with Gasteiger partial charge in [-0.25, -0.2) is 4.68 Å². The highest BCUT2D eigenvalue weighted by Gasteiger charge is 2.27. The molecule has 1 aromatic heterocycles. The number of ether oxygens (including phenoxy) is 1. The largest absolute Gasteiger partial charge is 0.506 e. The van der Waals surface area contributed by atoms with Crippen molar-refractivity contribution >= 4 is 12.7 Å². The first-order valence-electron chi connectivity index (χ1n) is 6.54. The molecule has 0 aliphatic carbocycles. The lowest BCUT2D eigenvalue weighted by atomic mass is 9.80. The van der Waals surface area contributed by atoms with E-state index in [2.05, 4.69) is 11.7 Å². The molecule has 0 amide bonds. The molecule has 0 radical (unpaired) electrons. The quantitative estimate of drug-likeness (QED) is 0.772. The lowest BCUT2D eigenvalue weighted by molar-refractivity contribution is 0.121. The van der Waals surface area contributed by atoms with Crippen molar-refractivity contribution < 1.29 is 17.7 Å². The number of allylic oxidation sites excluding steroid dienone is 1. The van der Waals surface area contributed by atoms with Crippen LogP contribution in [-0.2, 0) is 11.3 Å². The maximum absolute atomic E-state index is 12.5. The normalized spacial score (nSPS) is 19.0. The second-order valence-corrected chi connectivity index (χ2v) is 5.04. The van der Waals surface area contributed by atoms with Crippen molar-refractivity contribution in [3.8, 4) is 0 Å². The van der Waals surface area contributed by atoms with Crippen LogP contribution in [0.15, 0.2) is 29.1 Å². The second-order valence-electron chi connectivity index (χ2n) is 5.04. The molecule has 5 nitrogen and oxygen atoms in total. The summed E-state index contributed by atoms with van der Waals surface area (Å²) in [5.74, 6) is 0. The van der Waals surface area contributed by atoms with Crippen LogP contribution >= 0.6 is 0 Å². The fourth-order valence-electron chi connectivity index (χ4n) is 2.17. The minimum Gasteiger partial charge on any atom is -0.445 e. The van der Waals surface area contributed by atoms with Crippen LogP contribution < -0.4 is 10.5 Å². The summed E-state index contributed by atoms with van der Waals surface area (Å²) in [5, 5.41) is 3.80. The van der Waals surface area contributed by atoms with Crippen LogP contribution in [0.4, 0.5) is 18.6 Å². The van der Waals surface area contributed by atoms with E-state index >= 15 is 0 Å². The molecule has 9 heteroatoms. The van der Waals surface area contributed by atoms with E-state index in [4.69, 9.17) is 4.74 Å². The van der Waals surface area contributed by atoms with Gasteiger partial charge >= 0.3 is 6.98 Å². The molecule has 0 N–H and O–H groups in total. The van der Waals surface area contributed by atoms with Gasteiger partial charge in [0.25, 0.3) is 5.56 Å². The van der Waals surface area contributed by atoms with Gasteiger partial charge in [-0.3, -0.25) is 4.79 Å². The summed E-state index contributed by atoms with van der Waals surface area (Å²) in [7, 11) is 1.62. The zero-order valence-corrected chi connectivity index (χ0v) is 11.6. The molecule has 1 aliphatic rings. The van der Waals surface area contributed by atoms with Crippen molar-refractivity contribution in [1.29, 1.82) is 0 Å². The summed E-state index contributed by atoms with van der Waals surface area (Å²) in [4.78, 5) is 13.8. The maximum Gasteiger partial charge on any atom is 0.506 e. The first-order valence-corrected chi connectivity index (χ1v) is 6.54. The van der Waals surface area contributed by atoms with E-state index in [1.165, 1.54) is 12.3 Å². The lowest BCUT2D eigenvalue weighted by Crippen LogP contribution is -2.31. The molecular formula is C12H16BF3N3O2-. The third-order valence-corrected chi connectivity index (χ3v) is 3.51. The Morgan fingerprint density at radius 2 is 2.29 bits per heavy atom. The Kier molecular flexibility index (Phi) is 4.41. The molecule has 1 aliphatic heterocycles. The smallest absolute Gasteiger partial charge is 0.445 e. The minimum atomic E-state index is -5.16. The van der Waals surface area contributed by atoms with Gasteiger partial charge < -0.3 is 22.6 Å². The summed E-state index contributed by atoms with van der Waals surface area (Å²) in [6.45, 7) is -1.48. The Morgan fingerprint density at radius 1 is 1.57 bits per heavy atom. The molecule has 0 saturated carbocycles. The predicted octanol–water partition coefficient (Wildman–Crippen LogP) is 1.41. The SMILES string of the molecule is C=C(Cn1ncc(N2CCC(OC)C2)cc1=O)[B-](F)(F)F. The Morgan fingerprint density at radius 3 is 2.81 bits per heavy atom. The van der Waals surface area contributed by atoms with Crippen LogP contribution in [0.1, 0.15) is 6.42 Å². The molecule has 1 fully saturated rings. The van der Waals surface area contributed by atoms with Gasteiger partial charge in [0.15, 0.2) is 0 Å². The van der Waals surface area contributed by atoms with Crippen LogP contribution in [0, 0.1) is 0 Å². The van der Waals surface area contributed by atoms with Gasteiger partial charge in [-0.05, 0) is 6.42 Å². The summed E-state index contributed by atoms with van der Waals surface area (Å²) in [6, 6.07) is 1.29. The number of aromatic nitrogens is 2. The molecule has 0 spiro atoms. The molecular weight excluding hydrogens is 286 g/mol. The Bertz CT molecular complexity index is 588. The van der Waals surface area contributed by atoms with E-state index in [9.17, 15) is 17.7 Å². The minimum absolute atomic E-state index is 0.0974. The fourth-order valence-corrected chi connectivity index (χ4v) is 2.17. The highest BCUT2D eigenvalue weighted by molar-refractivity contribution is 6.66. The van der Waals surface area contributed by atoms with Crippen LogP contribution in [0.5, 0.6) is 0 Å². The molecule has 1 saturated heterocycles. The average molecular weight is 302 g/mol. The third kappa shape index (κ3) is 3.66. The van der Waals surface area contributed by atoms with Crippen molar-refractivity contribution in [1.82, 2.24) is 9.78 Å². The van der Waals surface area contributed by atoms with Gasteiger partial charge in [-0.2, -0.15) is 5.10 Å². The monoisotopic (exact) mass is 302 g/mol. The number of nitrogens with zero attached hydrogens (tertiary/aromatic N) is 3. The van der Waals surface area contributed by atoms with Gasteiger partial charge in [0.1, 0.15) is 0 Å². The van der Waals surface area contributed by atoms with E-state index in [0.717, 1.165) is 17.6 Å². The van der Waals surface area contributed by atoms with Crippen molar-refractivity contribution in [2.24, 2.45) is 0 Å². The van der Waals surface area contributed by atoms with Gasteiger partial charge in [-0.15, -0.1) is 12.1 Å². The number of anilines is 1. The molecule has 1 atom stereocenters.